The van der Waals surface area contributed by atoms with Gasteiger partial charge in [-0.05, 0) is 20.0 Å². The van der Waals surface area contributed by atoms with Crippen LogP contribution in [-0.2, 0) is 10.0 Å². The number of hydrogen-bond acceptors (Lipinski definition) is 4. The summed E-state index contributed by atoms with van der Waals surface area (Å²) < 4.78 is 24.5. The van der Waals surface area contributed by atoms with E-state index in [0.717, 1.165) is 32.6 Å². The summed E-state index contributed by atoms with van der Waals surface area (Å²) in [5.41, 5.74) is 0. The van der Waals surface area contributed by atoms with Gasteiger partial charge in [-0.25, -0.2) is 12.7 Å². The molecule has 0 bridgehead atoms. The van der Waals surface area contributed by atoms with Crippen LogP contribution in [0.3, 0.4) is 0 Å². The lowest BCUT2D eigenvalue weighted by Crippen LogP contribution is -2.41. The predicted molar refractivity (Wildman–Crippen MR) is 61.4 cm³/mol. The Balaban J connectivity index is 2.55. The van der Waals surface area contributed by atoms with Gasteiger partial charge in [-0.15, -0.1) is 0 Å². The molecule has 0 atom stereocenters. The number of sulfonamides is 1. The van der Waals surface area contributed by atoms with Crippen LogP contribution in [0, 0.1) is 0 Å². The molecule has 15 heavy (non-hydrogen) atoms. The molecule has 6 heteroatoms. The smallest absolute Gasteiger partial charge is 0.211 e. The standard InChI is InChI=1S/C9H21N3O2S/c1-11-7-5-10-4-3-6-12(9-8-11)15(2,13)14/h10H,3-9H2,1-2H3. The van der Waals surface area contributed by atoms with E-state index in [0.29, 0.717) is 13.1 Å². The lowest BCUT2D eigenvalue weighted by Gasteiger charge is -2.25. The highest BCUT2D eigenvalue weighted by Gasteiger charge is 2.16. The molecular formula is C9H21N3O2S. The Hall–Kier alpha value is -0.170. The summed E-state index contributed by atoms with van der Waals surface area (Å²) in [4.78, 5) is 2.15. The van der Waals surface area contributed by atoms with Gasteiger partial charge in [-0.3, -0.25) is 0 Å². The van der Waals surface area contributed by atoms with Gasteiger partial charge in [0.05, 0.1) is 6.26 Å². The summed E-state index contributed by atoms with van der Waals surface area (Å²) in [6, 6.07) is 0. The second-order valence-corrected chi connectivity index (χ2v) is 6.05. The van der Waals surface area contributed by atoms with Crippen molar-refractivity contribution in [2.24, 2.45) is 0 Å². The molecule has 1 aliphatic rings. The van der Waals surface area contributed by atoms with Gasteiger partial charge in [0.2, 0.25) is 10.0 Å². The zero-order chi connectivity index (χ0) is 11.3. The molecule has 1 fully saturated rings. The Morgan fingerprint density at radius 3 is 2.47 bits per heavy atom. The van der Waals surface area contributed by atoms with Crippen molar-refractivity contribution in [2.75, 3.05) is 52.6 Å². The molecular weight excluding hydrogens is 214 g/mol. The van der Waals surface area contributed by atoms with Gasteiger partial charge < -0.3 is 10.2 Å². The minimum absolute atomic E-state index is 0.606. The van der Waals surface area contributed by atoms with Crippen molar-refractivity contribution < 1.29 is 8.42 Å². The van der Waals surface area contributed by atoms with Crippen LogP contribution in [0.5, 0.6) is 0 Å². The molecule has 0 aromatic rings. The monoisotopic (exact) mass is 235 g/mol. The SMILES string of the molecule is CN1CCNCCCN(S(C)(=O)=O)CC1. The molecule has 0 unspecified atom stereocenters. The molecule has 0 aliphatic carbocycles. The van der Waals surface area contributed by atoms with E-state index < -0.39 is 10.0 Å². The maximum Gasteiger partial charge on any atom is 0.211 e. The second-order valence-electron chi connectivity index (χ2n) is 4.07. The molecule has 5 nitrogen and oxygen atoms in total. The molecule has 1 N–H and O–H groups in total. The molecule has 1 aliphatic heterocycles. The Bertz CT molecular complexity index is 279. The van der Waals surface area contributed by atoms with E-state index in [1.165, 1.54) is 6.26 Å². The minimum atomic E-state index is -3.04. The maximum absolute atomic E-state index is 11.4. The van der Waals surface area contributed by atoms with Crippen molar-refractivity contribution >= 4 is 10.0 Å². The lowest BCUT2D eigenvalue weighted by molar-refractivity contribution is 0.280. The molecule has 1 rings (SSSR count). The first kappa shape index (κ1) is 12.9. The van der Waals surface area contributed by atoms with E-state index in [9.17, 15) is 8.42 Å². The third-order valence-corrected chi connectivity index (χ3v) is 3.93. The molecule has 1 saturated heterocycles. The third kappa shape index (κ3) is 4.92. The highest BCUT2D eigenvalue weighted by atomic mass is 32.2. The van der Waals surface area contributed by atoms with Crippen LogP contribution >= 0.6 is 0 Å². The van der Waals surface area contributed by atoms with Gasteiger partial charge in [0.15, 0.2) is 0 Å². The van der Waals surface area contributed by atoms with Crippen LogP contribution in [0.1, 0.15) is 6.42 Å². The summed E-state index contributed by atoms with van der Waals surface area (Å²) in [7, 11) is -1.02. The van der Waals surface area contributed by atoms with E-state index in [-0.39, 0.29) is 0 Å². The van der Waals surface area contributed by atoms with Gasteiger partial charge in [0.1, 0.15) is 0 Å². The number of rotatable bonds is 1. The molecule has 0 spiro atoms. The number of likely N-dealkylation sites (N-methyl/N-ethyl adjacent to an activating group) is 1. The minimum Gasteiger partial charge on any atom is -0.315 e. The summed E-state index contributed by atoms with van der Waals surface area (Å²) in [5, 5.41) is 3.29. The van der Waals surface area contributed by atoms with Crippen LogP contribution < -0.4 is 5.32 Å². The average Bonchev–Trinajstić information content (AvgIpc) is 2.14. The Labute approximate surface area is 92.5 Å². The molecule has 0 aromatic carbocycles. The summed E-state index contributed by atoms with van der Waals surface area (Å²) in [5.74, 6) is 0. The van der Waals surface area contributed by atoms with E-state index >= 15 is 0 Å². The second kappa shape index (κ2) is 5.79. The van der Waals surface area contributed by atoms with E-state index in [1.807, 2.05) is 7.05 Å². The van der Waals surface area contributed by atoms with Gasteiger partial charge in [-0.1, -0.05) is 0 Å². The highest BCUT2D eigenvalue weighted by molar-refractivity contribution is 7.88. The molecule has 90 valence electrons. The van der Waals surface area contributed by atoms with Crippen LogP contribution in [0.15, 0.2) is 0 Å². The molecule has 1 heterocycles. The quantitative estimate of drug-likeness (QED) is 0.645. The van der Waals surface area contributed by atoms with Crippen LogP contribution in [0.4, 0.5) is 0 Å². The fraction of sp³-hybridized carbons (Fsp3) is 1.00. The van der Waals surface area contributed by atoms with Crippen LogP contribution in [0.25, 0.3) is 0 Å². The molecule has 0 saturated carbocycles. The molecule has 0 radical (unpaired) electrons. The van der Waals surface area contributed by atoms with Crippen molar-refractivity contribution in [2.45, 2.75) is 6.42 Å². The Morgan fingerprint density at radius 1 is 1.07 bits per heavy atom. The highest BCUT2D eigenvalue weighted by Crippen LogP contribution is 2.00. The van der Waals surface area contributed by atoms with Crippen molar-refractivity contribution in [3.05, 3.63) is 0 Å². The van der Waals surface area contributed by atoms with Crippen molar-refractivity contribution in [3.63, 3.8) is 0 Å². The first-order valence-corrected chi connectivity index (χ1v) is 7.19. The van der Waals surface area contributed by atoms with Crippen LogP contribution in [0.2, 0.25) is 0 Å². The fourth-order valence-corrected chi connectivity index (χ4v) is 2.49. The average molecular weight is 235 g/mol. The predicted octanol–water partition coefficient (Wildman–Crippen LogP) is -0.827. The summed E-state index contributed by atoms with van der Waals surface area (Å²) in [6.45, 7) is 4.87. The fourth-order valence-electron chi connectivity index (χ4n) is 1.61. The largest absolute Gasteiger partial charge is 0.315 e. The van der Waals surface area contributed by atoms with Gasteiger partial charge in [0.25, 0.3) is 0 Å². The third-order valence-electron chi connectivity index (χ3n) is 2.63. The van der Waals surface area contributed by atoms with Crippen molar-refractivity contribution in [1.29, 1.82) is 0 Å². The summed E-state index contributed by atoms with van der Waals surface area (Å²) in [6.07, 6.45) is 2.17. The van der Waals surface area contributed by atoms with Gasteiger partial charge in [-0.2, -0.15) is 0 Å². The Kier molecular flexibility index (Phi) is 4.98. The topological polar surface area (TPSA) is 52.6 Å². The first-order valence-electron chi connectivity index (χ1n) is 5.34. The van der Waals surface area contributed by atoms with Gasteiger partial charge in [0, 0.05) is 32.7 Å². The van der Waals surface area contributed by atoms with Crippen molar-refractivity contribution in [1.82, 2.24) is 14.5 Å². The molecule has 0 aromatic heterocycles. The Morgan fingerprint density at radius 2 is 1.80 bits per heavy atom. The normalized spacial score (nSPS) is 23.9. The maximum atomic E-state index is 11.4. The number of nitrogens with one attached hydrogen (secondary N) is 1. The molecule has 0 amide bonds. The zero-order valence-corrected chi connectivity index (χ0v) is 10.4. The number of nitrogens with zero attached hydrogens (tertiary/aromatic N) is 2. The summed E-state index contributed by atoms with van der Waals surface area (Å²) >= 11 is 0. The number of hydrogen-bond donors (Lipinski definition) is 1. The first-order chi connectivity index (χ1) is 7.00. The van der Waals surface area contributed by atoms with E-state index in [1.54, 1.807) is 4.31 Å². The van der Waals surface area contributed by atoms with E-state index in [4.69, 9.17) is 0 Å². The van der Waals surface area contributed by atoms with E-state index in [2.05, 4.69) is 10.2 Å². The van der Waals surface area contributed by atoms with Gasteiger partial charge >= 0.3 is 0 Å². The lowest BCUT2D eigenvalue weighted by atomic mass is 10.3. The zero-order valence-electron chi connectivity index (χ0n) is 9.57. The van der Waals surface area contributed by atoms with Crippen molar-refractivity contribution in [3.8, 4) is 0 Å². The van der Waals surface area contributed by atoms with Crippen LogP contribution in [-0.4, -0.2) is 70.2 Å².